The Hall–Kier alpha value is -1.46. The van der Waals surface area contributed by atoms with Gasteiger partial charge in [-0.3, -0.25) is 4.79 Å². The zero-order valence-electron chi connectivity index (χ0n) is 12.7. The summed E-state index contributed by atoms with van der Waals surface area (Å²) in [5.74, 6) is -0.523. The number of halogens is 1. The van der Waals surface area contributed by atoms with Crippen molar-refractivity contribution in [1.29, 1.82) is 0 Å². The monoisotopic (exact) mass is 309 g/mol. The van der Waals surface area contributed by atoms with E-state index in [2.05, 4.69) is 5.32 Å². The zero-order chi connectivity index (χ0) is 15.9. The fourth-order valence-electron chi connectivity index (χ4n) is 3.17. The van der Waals surface area contributed by atoms with Crippen LogP contribution in [0, 0.1) is 11.7 Å². The Morgan fingerprint density at radius 1 is 1.27 bits per heavy atom. The largest absolute Gasteiger partial charge is 0.396 e. The summed E-state index contributed by atoms with van der Waals surface area (Å²) in [6, 6.07) is 4.02. The number of amides is 1. The third-order valence-corrected chi connectivity index (χ3v) is 4.46. The molecule has 0 aliphatic heterocycles. The molecule has 122 valence electrons. The van der Waals surface area contributed by atoms with E-state index in [-0.39, 0.29) is 36.3 Å². The summed E-state index contributed by atoms with van der Waals surface area (Å²) in [6.07, 6.45) is 6.17. The Morgan fingerprint density at radius 3 is 2.59 bits per heavy atom. The molecule has 1 aromatic rings. The van der Waals surface area contributed by atoms with Crippen molar-refractivity contribution in [3.63, 3.8) is 0 Å². The zero-order valence-corrected chi connectivity index (χ0v) is 12.7. The molecule has 2 rings (SSSR count). The number of benzene rings is 1. The first-order valence-corrected chi connectivity index (χ1v) is 7.96. The molecule has 1 atom stereocenters. The number of hydrogen-bond acceptors (Lipinski definition) is 3. The van der Waals surface area contributed by atoms with Gasteiger partial charge in [0.25, 0.3) is 5.91 Å². The molecule has 0 radical (unpaired) electrons. The smallest absolute Gasteiger partial charge is 0.251 e. The molecule has 1 aliphatic rings. The van der Waals surface area contributed by atoms with Crippen molar-refractivity contribution in [2.45, 2.75) is 51.2 Å². The lowest BCUT2D eigenvalue weighted by Crippen LogP contribution is -2.41. The number of nitrogens with one attached hydrogen (secondary N) is 1. The molecule has 22 heavy (non-hydrogen) atoms. The van der Waals surface area contributed by atoms with Gasteiger partial charge in [-0.25, -0.2) is 4.39 Å². The molecule has 0 spiro atoms. The van der Waals surface area contributed by atoms with E-state index in [1.54, 1.807) is 0 Å². The Kier molecular flexibility index (Phi) is 6.34. The molecule has 3 N–H and O–H groups in total. The van der Waals surface area contributed by atoms with E-state index >= 15 is 0 Å². The molecule has 0 heterocycles. The van der Waals surface area contributed by atoms with Crippen LogP contribution in [-0.4, -0.2) is 28.8 Å². The van der Waals surface area contributed by atoms with Crippen LogP contribution in [-0.2, 0) is 6.61 Å². The van der Waals surface area contributed by atoms with Crippen LogP contribution in [0.15, 0.2) is 18.2 Å². The fraction of sp³-hybridized carbons (Fsp3) is 0.588. The molecule has 1 aromatic carbocycles. The second kappa shape index (κ2) is 8.25. The second-order valence-corrected chi connectivity index (χ2v) is 5.95. The van der Waals surface area contributed by atoms with Crippen molar-refractivity contribution < 1.29 is 19.4 Å². The highest BCUT2D eigenvalue weighted by molar-refractivity contribution is 5.94. The van der Waals surface area contributed by atoms with E-state index in [9.17, 15) is 14.3 Å². The van der Waals surface area contributed by atoms with Gasteiger partial charge in [-0.05, 0) is 37.3 Å². The third-order valence-electron chi connectivity index (χ3n) is 4.46. The summed E-state index contributed by atoms with van der Waals surface area (Å²) in [6.45, 7) is -0.359. The lowest BCUT2D eigenvalue weighted by molar-refractivity contribution is 0.0899. The summed E-state index contributed by atoms with van der Waals surface area (Å²) >= 11 is 0. The summed E-state index contributed by atoms with van der Waals surface area (Å²) in [5.41, 5.74) is 0.421. The van der Waals surface area contributed by atoms with E-state index in [4.69, 9.17) is 5.11 Å². The van der Waals surface area contributed by atoms with Crippen LogP contribution >= 0.6 is 0 Å². The van der Waals surface area contributed by atoms with Gasteiger partial charge in [-0.15, -0.1) is 0 Å². The Balaban J connectivity index is 2.05. The maximum Gasteiger partial charge on any atom is 0.251 e. The topological polar surface area (TPSA) is 69.6 Å². The lowest BCUT2D eigenvalue weighted by Gasteiger charge is -2.30. The first kappa shape index (κ1) is 16.9. The quantitative estimate of drug-likeness (QED) is 0.755. The maximum atomic E-state index is 13.7. The van der Waals surface area contributed by atoms with Gasteiger partial charge in [-0.2, -0.15) is 0 Å². The van der Waals surface area contributed by atoms with Gasteiger partial charge in [0.1, 0.15) is 5.82 Å². The van der Waals surface area contributed by atoms with Crippen LogP contribution in [0.4, 0.5) is 4.39 Å². The van der Waals surface area contributed by atoms with Gasteiger partial charge in [0, 0.05) is 23.8 Å². The number of rotatable bonds is 6. The summed E-state index contributed by atoms with van der Waals surface area (Å²) in [7, 11) is 0. The van der Waals surface area contributed by atoms with Gasteiger partial charge in [0.15, 0.2) is 0 Å². The van der Waals surface area contributed by atoms with Crippen molar-refractivity contribution in [1.82, 2.24) is 5.32 Å². The van der Waals surface area contributed by atoms with E-state index in [0.29, 0.717) is 12.3 Å². The van der Waals surface area contributed by atoms with E-state index in [0.717, 1.165) is 31.7 Å². The van der Waals surface area contributed by atoms with Gasteiger partial charge >= 0.3 is 0 Å². The molecule has 1 fully saturated rings. The van der Waals surface area contributed by atoms with Crippen molar-refractivity contribution in [2.24, 2.45) is 5.92 Å². The highest BCUT2D eigenvalue weighted by Crippen LogP contribution is 2.28. The van der Waals surface area contributed by atoms with Crippen LogP contribution in [0.5, 0.6) is 0 Å². The summed E-state index contributed by atoms with van der Waals surface area (Å²) in [4.78, 5) is 12.3. The predicted octanol–water partition coefficient (Wildman–Crippen LogP) is 2.38. The molecular formula is C17H24FNO3. The van der Waals surface area contributed by atoms with Crippen LogP contribution in [0.2, 0.25) is 0 Å². The third kappa shape index (κ3) is 4.27. The van der Waals surface area contributed by atoms with E-state index in [1.165, 1.54) is 18.6 Å². The minimum Gasteiger partial charge on any atom is -0.396 e. The van der Waals surface area contributed by atoms with Gasteiger partial charge in [-0.1, -0.05) is 25.3 Å². The van der Waals surface area contributed by atoms with Gasteiger partial charge in [0.2, 0.25) is 0 Å². The minimum absolute atomic E-state index is 0.0270. The number of aliphatic hydroxyl groups excluding tert-OH is 2. The van der Waals surface area contributed by atoms with Crippen LogP contribution in [0.3, 0.4) is 0 Å². The minimum atomic E-state index is -0.577. The lowest BCUT2D eigenvalue weighted by atomic mass is 9.82. The van der Waals surface area contributed by atoms with E-state index < -0.39 is 5.82 Å². The van der Waals surface area contributed by atoms with Crippen LogP contribution < -0.4 is 5.32 Å². The molecular weight excluding hydrogens is 285 g/mol. The Bertz CT molecular complexity index is 501. The standard InChI is InChI=1S/C17H24FNO3/c18-15-10-13(6-7-14(15)11-21)17(22)19-16(8-9-20)12-4-2-1-3-5-12/h6-7,10,12,16,20-21H,1-5,8-9,11H2,(H,19,22)/t16-/m0/s1. The SMILES string of the molecule is O=C(N[C@@H](CCO)C1CCCCC1)c1ccc(CO)c(F)c1. The first-order valence-electron chi connectivity index (χ1n) is 7.96. The Morgan fingerprint density at radius 2 is 2.00 bits per heavy atom. The molecule has 0 aromatic heterocycles. The number of hydrogen-bond donors (Lipinski definition) is 3. The van der Waals surface area contributed by atoms with Gasteiger partial charge < -0.3 is 15.5 Å². The highest BCUT2D eigenvalue weighted by atomic mass is 19.1. The van der Waals surface area contributed by atoms with Crippen molar-refractivity contribution >= 4 is 5.91 Å². The van der Waals surface area contributed by atoms with Crippen molar-refractivity contribution in [3.05, 3.63) is 35.1 Å². The van der Waals surface area contributed by atoms with Crippen LogP contribution in [0.1, 0.15) is 54.4 Å². The fourth-order valence-corrected chi connectivity index (χ4v) is 3.17. The summed E-state index contributed by atoms with van der Waals surface area (Å²) in [5, 5.41) is 21.1. The van der Waals surface area contributed by atoms with E-state index in [1.807, 2.05) is 0 Å². The average molecular weight is 309 g/mol. The maximum absolute atomic E-state index is 13.7. The van der Waals surface area contributed by atoms with Crippen molar-refractivity contribution in [3.8, 4) is 0 Å². The first-order chi connectivity index (χ1) is 10.7. The summed E-state index contributed by atoms with van der Waals surface area (Å²) < 4.78 is 13.7. The average Bonchev–Trinajstić information content (AvgIpc) is 2.55. The normalized spacial score (nSPS) is 17.2. The molecule has 1 amide bonds. The molecule has 0 saturated heterocycles. The highest BCUT2D eigenvalue weighted by Gasteiger charge is 2.25. The molecule has 0 bridgehead atoms. The second-order valence-electron chi connectivity index (χ2n) is 5.95. The van der Waals surface area contributed by atoms with Gasteiger partial charge in [0.05, 0.1) is 6.61 Å². The predicted molar refractivity (Wildman–Crippen MR) is 81.9 cm³/mol. The molecule has 1 aliphatic carbocycles. The Labute approximate surface area is 130 Å². The number of carbonyl (C=O) groups is 1. The molecule has 5 heteroatoms. The molecule has 0 unspecified atom stereocenters. The number of aliphatic hydroxyl groups is 2. The molecule has 1 saturated carbocycles. The number of carbonyl (C=O) groups excluding carboxylic acids is 1. The van der Waals surface area contributed by atoms with Crippen molar-refractivity contribution in [2.75, 3.05) is 6.61 Å². The van der Waals surface area contributed by atoms with Crippen LogP contribution in [0.25, 0.3) is 0 Å². The molecule has 4 nitrogen and oxygen atoms in total.